The number of methoxy groups -OCH3 is 1. The predicted octanol–water partition coefficient (Wildman–Crippen LogP) is 4.58. The zero-order valence-electron chi connectivity index (χ0n) is 19.7. The van der Waals surface area contributed by atoms with Crippen molar-refractivity contribution in [1.29, 1.82) is 0 Å². The van der Waals surface area contributed by atoms with E-state index in [9.17, 15) is 0 Å². The van der Waals surface area contributed by atoms with Gasteiger partial charge >= 0.3 is 0 Å². The van der Waals surface area contributed by atoms with Crippen molar-refractivity contribution in [1.82, 2.24) is 19.5 Å². The van der Waals surface area contributed by atoms with E-state index < -0.39 is 0 Å². The molecule has 9 heteroatoms. The maximum absolute atomic E-state index is 6.66. The second-order valence-electron chi connectivity index (χ2n) is 8.57. The minimum atomic E-state index is 0.405. The molecule has 3 heterocycles. The Morgan fingerprint density at radius 1 is 1.12 bits per heavy atom. The molecule has 4 rings (SSSR count). The first kappa shape index (κ1) is 24.1. The number of aryl methyl sites for hydroxylation is 2. The summed E-state index contributed by atoms with van der Waals surface area (Å²) < 4.78 is 7.25. The van der Waals surface area contributed by atoms with Crippen LogP contribution < -0.4 is 15.4 Å². The van der Waals surface area contributed by atoms with Gasteiger partial charge in [-0.3, -0.25) is 0 Å². The number of halogens is 2. The van der Waals surface area contributed by atoms with E-state index in [-0.39, 0.29) is 0 Å². The van der Waals surface area contributed by atoms with Crippen molar-refractivity contribution in [3.8, 4) is 16.9 Å². The molecule has 0 aliphatic carbocycles. The molecule has 1 aliphatic rings. The molecule has 178 valence electrons. The minimum Gasteiger partial charge on any atom is -0.497 e. The Kier molecular flexibility index (Phi) is 7.34. The van der Waals surface area contributed by atoms with Crippen LogP contribution in [0.2, 0.25) is 10.0 Å². The molecule has 1 saturated heterocycles. The van der Waals surface area contributed by atoms with E-state index in [1.54, 1.807) is 19.2 Å². The summed E-state index contributed by atoms with van der Waals surface area (Å²) in [6.07, 6.45) is 2.19. The minimum absolute atomic E-state index is 0.405. The molecule has 7 nitrogen and oxygen atoms in total. The van der Waals surface area contributed by atoms with Crippen LogP contribution in [-0.4, -0.2) is 65.4 Å². The summed E-state index contributed by atoms with van der Waals surface area (Å²) in [5.41, 5.74) is 10.1. The molecular weight excluding hydrogens is 459 g/mol. The third-order valence-corrected chi connectivity index (χ3v) is 7.08. The Hall–Kier alpha value is -2.06. The molecule has 2 aromatic heterocycles. The van der Waals surface area contributed by atoms with Gasteiger partial charge in [0.15, 0.2) is 5.65 Å². The second-order valence-corrected chi connectivity index (χ2v) is 9.38. The Morgan fingerprint density at radius 3 is 2.36 bits per heavy atom. The Balaban J connectivity index is 1.85. The first-order valence-electron chi connectivity index (χ1n) is 11.5. The number of aromatic nitrogens is 3. The van der Waals surface area contributed by atoms with Gasteiger partial charge in [0.05, 0.1) is 28.4 Å². The van der Waals surface area contributed by atoms with Gasteiger partial charge in [-0.2, -0.15) is 9.61 Å². The fourth-order valence-electron chi connectivity index (χ4n) is 4.80. The van der Waals surface area contributed by atoms with Crippen LogP contribution >= 0.6 is 23.2 Å². The summed E-state index contributed by atoms with van der Waals surface area (Å²) in [5.74, 6) is 1.62. The van der Waals surface area contributed by atoms with Crippen LogP contribution in [-0.2, 0) is 0 Å². The van der Waals surface area contributed by atoms with Crippen LogP contribution in [0.15, 0.2) is 18.2 Å². The number of rotatable bonds is 7. The second kappa shape index (κ2) is 10.1. The van der Waals surface area contributed by atoms with Crippen molar-refractivity contribution in [2.75, 3.05) is 44.7 Å². The number of piperidine rings is 1. The molecule has 0 saturated carbocycles. The third kappa shape index (κ3) is 4.64. The maximum atomic E-state index is 6.66. The lowest BCUT2D eigenvalue weighted by Gasteiger charge is -2.39. The van der Waals surface area contributed by atoms with Gasteiger partial charge in [-0.1, -0.05) is 30.1 Å². The van der Waals surface area contributed by atoms with Crippen molar-refractivity contribution in [3.63, 3.8) is 0 Å². The number of hydrogen-bond donors (Lipinski definition) is 1. The highest BCUT2D eigenvalue weighted by Gasteiger charge is 2.28. The van der Waals surface area contributed by atoms with Crippen LogP contribution in [0.5, 0.6) is 5.75 Å². The van der Waals surface area contributed by atoms with E-state index in [0.29, 0.717) is 28.4 Å². The van der Waals surface area contributed by atoms with Crippen LogP contribution in [0.3, 0.4) is 0 Å². The van der Waals surface area contributed by atoms with E-state index in [0.717, 1.165) is 73.0 Å². The fourth-order valence-corrected chi connectivity index (χ4v) is 5.46. The highest BCUT2D eigenvalue weighted by molar-refractivity contribution is 6.39. The summed E-state index contributed by atoms with van der Waals surface area (Å²) in [7, 11) is 1.59. The quantitative estimate of drug-likeness (QED) is 0.522. The number of hydrogen-bond acceptors (Lipinski definition) is 6. The summed E-state index contributed by atoms with van der Waals surface area (Å²) in [5, 5.41) is 5.91. The van der Waals surface area contributed by atoms with Crippen LogP contribution in [0.25, 0.3) is 16.8 Å². The highest BCUT2D eigenvalue weighted by Crippen LogP contribution is 2.41. The summed E-state index contributed by atoms with van der Waals surface area (Å²) in [4.78, 5) is 9.76. The van der Waals surface area contributed by atoms with Gasteiger partial charge in [0.25, 0.3) is 0 Å². The summed E-state index contributed by atoms with van der Waals surface area (Å²) >= 11 is 13.3. The monoisotopic (exact) mass is 490 g/mol. The molecule has 33 heavy (non-hydrogen) atoms. The summed E-state index contributed by atoms with van der Waals surface area (Å²) in [6, 6.07) is 6.04. The predicted molar refractivity (Wildman–Crippen MR) is 136 cm³/mol. The molecule has 1 aliphatic heterocycles. The lowest BCUT2D eigenvalue weighted by atomic mass is 10.0. The molecule has 0 spiro atoms. The van der Waals surface area contributed by atoms with Gasteiger partial charge in [-0.05, 0) is 45.4 Å². The van der Waals surface area contributed by atoms with Gasteiger partial charge in [-0.25, -0.2) is 4.98 Å². The van der Waals surface area contributed by atoms with Crippen molar-refractivity contribution < 1.29 is 4.74 Å². The number of ether oxygens (including phenoxy) is 1. The fraction of sp³-hybridized carbons (Fsp3) is 0.500. The van der Waals surface area contributed by atoms with E-state index in [4.69, 9.17) is 43.8 Å². The first-order valence-corrected chi connectivity index (χ1v) is 12.2. The lowest BCUT2D eigenvalue weighted by Crippen LogP contribution is -2.47. The number of likely N-dealkylation sites (tertiary alicyclic amines) is 1. The number of anilines is 1. The third-order valence-electron chi connectivity index (χ3n) is 6.48. The molecular formula is C24H32Cl2N6O. The van der Waals surface area contributed by atoms with Crippen molar-refractivity contribution in [2.24, 2.45) is 5.73 Å². The standard InChI is InChI=1S/C24H32Cl2N6O/c1-5-30-9-6-17(7-10-30)31(11-8-27)21-12-15(2)28-24-22(16(3)29-32(21)24)23-19(25)13-18(33-4)14-20(23)26/h12-14,17H,5-11,27H2,1-4H3. The Morgan fingerprint density at radius 2 is 1.79 bits per heavy atom. The number of benzene rings is 1. The molecule has 1 fully saturated rings. The summed E-state index contributed by atoms with van der Waals surface area (Å²) in [6.45, 7) is 10.8. The van der Waals surface area contributed by atoms with E-state index >= 15 is 0 Å². The van der Waals surface area contributed by atoms with Gasteiger partial charge in [-0.15, -0.1) is 0 Å². The topological polar surface area (TPSA) is 71.9 Å². The smallest absolute Gasteiger partial charge is 0.165 e. The van der Waals surface area contributed by atoms with E-state index in [2.05, 4.69) is 22.8 Å². The van der Waals surface area contributed by atoms with Crippen LogP contribution in [0.4, 0.5) is 5.82 Å². The molecule has 3 aromatic rings. The van der Waals surface area contributed by atoms with Crippen molar-refractivity contribution in [2.45, 2.75) is 39.7 Å². The lowest BCUT2D eigenvalue weighted by molar-refractivity contribution is 0.218. The van der Waals surface area contributed by atoms with E-state index in [1.165, 1.54) is 0 Å². The Labute approximate surface area is 205 Å². The molecule has 0 amide bonds. The molecule has 2 N–H and O–H groups in total. The number of fused-ring (bicyclic) bond motifs is 1. The zero-order valence-corrected chi connectivity index (χ0v) is 21.2. The normalized spacial score (nSPS) is 15.4. The van der Waals surface area contributed by atoms with Gasteiger partial charge in [0, 0.05) is 49.5 Å². The number of nitrogens with zero attached hydrogens (tertiary/aromatic N) is 5. The molecule has 0 radical (unpaired) electrons. The van der Waals surface area contributed by atoms with Gasteiger partial charge in [0.1, 0.15) is 11.6 Å². The zero-order chi connectivity index (χ0) is 23.7. The molecule has 0 unspecified atom stereocenters. The van der Waals surface area contributed by atoms with Crippen molar-refractivity contribution in [3.05, 3.63) is 39.6 Å². The number of nitrogens with two attached hydrogens (primary N) is 1. The maximum Gasteiger partial charge on any atom is 0.165 e. The van der Waals surface area contributed by atoms with Crippen molar-refractivity contribution >= 4 is 34.7 Å². The average Bonchev–Trinajstić information content (AvgIpc) is 3.12. The van der Waals surface area contributed by atoms with Crippen LogP contribution in [0.1, 0.15) is 31.2 Å². The average molecular weight is 491 g/mol. The van der Waals surface area contributed by atoms with Crippen LogP contribution in [0, 0.1) is 13.8 Å². The van der Waals surface area contributed by atoms with Gasteiger partial charge < -0.3 is 20.3 Å². The Bertz CT molecular complexity index is 1120. The van der Waals surface area contributed by atoms with E-state index in [1.807, 2.05) is 18.4 Å². The molecule has 0 bridgehead atoms. The largest absolute Gasteiger partial charge is 0.497 e. The highest BCUT2D eigenvalue weighted by atomic mass is 35.5. The molecule has 1 aromatic carbocycles. The van der Waals surface area contributed by atoms with Gasteiger partial charge in [0.2, 0.25) is 0 Å². The SMILES string of the molecule is CCN1CCC(N(CCN)c2cc(C)nc3c(-c4c(Cl)cc(OC)cc4Cl)c(C)nn23)CC1. The molecule has 0 atom stereocenters. The first-order chi connectivity index (χ1) is 15.9.